The van der Waals surface area contributed by atoms with Gasteiger partial charge in [0.15, 0.2) is 0 Å². The molecule has 3 aliphatic heterocycles. The summed E-state index contributed by atoms with van der Waals surface area (Å²) in [5.41, 5.74) is 32.0. The topological polar surface area (TPSA) is 6.48 Å². The van der Waals surface area contributed by atoms with Crippen molar-refractivity contribution in [2.24, 2.45) is 0 Å². The maximum absolute atomic E-state index is 2.83. The van der Waals surface area contributed by atoms with Crippen LogP contribution >= 0.6 is 0 Å². The van der Waals surface area contributed by atoms with Gasteiger partial charge in [0, 0.05) is 33.9 Å². The molecule has 0 fully saturated rings. The molecule has 358 valence electrons. The fourth-order valence-electron chi connectivity index (χ4n) is 15.9. The Labute approximate surface area is 421 Å². The number of rotatable bonds is 1. The van der Waals surface area contributed by atoms with E-state index in [9.17, 15) is 0 Å². The molecule has 4 aliphatic carbocycles. The van der Waals surface area contributed by atoms with Crippen molar-refractivity contribution in [3.05, 3.63) is 146 Å². The molecule has 0 amide bonds. The summed E-state index contributed by atoms with van der Waals surface area (Å²) in [5.74, 6) is 0. The van der Waals surface area contributed by atoms with Crippen LogP contribution in [0, 0.1) is 6.92 Å². The molecule has 1 atom stereocenters. The van der Waals surface area contributed by atoms with Gasteiger partial charge in [-0.05, 0) is 215 Å². The van der Waals surface area contributed by atoms with E-state index in [0.717, 1.165) is 0 Å². The fraction of sp³-hybridized carbons (Fsp3) is 0.463. The van der Waals surface area contributed by atoms with E-state index in [1.165, 1.54) is 150 Å². The van der Waals surface area contributed by atoms with Crippen LogP contribution in [0.5, 0.6) is 0 Å². The molecular weight excluding hydrogens is 844 g/mol. The molecule has 70 heavy (non-hydrogen) atoms. The fourth-order valence-corrected chi connectivity index (χ4v) is 15.9. The SMILES string of the molecule is Cc1cc2c3c4c1C1(C)c5ccccc5-c5c(C(C)(C)C)ccc(c51)N4c1cc4c(cc1B3c1cc3c(cc1N2c1ccc2c(c1)C(C)(C)CCC2(C)C)C(C)(C)CCC3(C)C)C(C)(C)CCC4(C)C. The van der Waals surface area contributed by atoms with Gasteiger partial charge in [-0.25, -0.2) is 0 Å². The van der Waals surface area contributed by atoms with Crippen LogP contribution in [0.15, 0.2) is 84.9 Å². The molecule has 3 heteroatoms. The van der Waals surface area contributed by atoms with E-state index in [-0.39, 0.29) is 50.0 Å². The maximum atomic E-state index is 2.83. The predicted molar refractivity (Wildman–Crippen MR) is 301 cm³/mol. The van der Waals surface area contributed by atoms with Gasteiger partial charge in [0.25, 0.3) is 6.71 Å². The second-order valence-electron chi connectivity index (χ2n) is 28.7. The lowest BCUT2D eigenvalue weighted by Gasteiger charge is -2.53. The van der Waals surface area contributed by atoms with Crippen LogP contribution in [0.3, 0.4) is 0 Å². The summed E-state index contributed by atoms with van der Waals surface area (Å²) in [5, 5.41) is 0. The van der Waals surface area contributed by atoms with Crippen molar-refractivity contribution >= 4 is 57.2 Å². The third-order valence-corrected chi connectivity index (χ3v) is 20.4. The Kier molecular flexibility index (Phi) is 8.55. The molecule has 2 nitrogen and oxygen atoms in total. The van der Waals surface area contributed by atoms with Crippen molar-refractivity contribution in [1.82, 2.24) is 0 Å². The Bertz CT molecular complexity index is 3360. The molecule has 0 spiro atoms. The monoisotopic (exact) mass is 921 g/mol. The van der Waals surface area contributed by atoms with E-state index >= 15 is 0 Å². The van der Waals surface area contributed by atoms with Crippen molar-refractivity contribution in [2.45, 2.75) is 200 Å². The summed E-state index contributed by atoms with van der Waals surface area (Å²) in [6.07, 6.45) is 7.16. The number of nitrogens with zero attached hydrogens (tertiary/aromatic N) is 2. The smallest absolute Gasteiger partial charge is 0.252 e. The zero-order chi connectivity index (χ0) is 49.6. The summed E-state index contributed by atoms with van der Waals surface area (Å²) >= 11 is 0. The van der Waals surface area contributed by atoms with E-state index in [0.29, 0.717) is 0 Å². The van der Waals surface area contributed by atoms with Gasteiger partial charge in [0.1, 0.15) is 0 Å². The minimum atomic E-state index is -0.348. The zero-order valence-electron chi connectivity index (χ0n) is 45.8. The van der Waals surface area contributed by atoms with Gasteiger partial charge in [-0.2, -0.15) is 0 Å². The minimum Gasteiger partial charge on any atom is -0.311 e. The second-order valence-corrected chi connectivity index (χ2v) is 28.7. The highest BCUT2D eigenvalue weighted by Crippen LogP contribution is 2.66. The van der Waals surface area contributed by atoms with Gasteiger partial charge in [0.05, 0.1) is 5.69 Å². The maximum Gasteiger partial charge on any atom is 0.252 e. The third-order valence-electron chi connectivity index (χ3n) is 20.4. The Hall–Kier alpha value is -5.02. The largest absolute Gasteiger partial charge is 0.311 e. The lowest BCUT2D eigenvalue weighted by molar-refractivity contribution is 0.332. The molecule has 0 aromatic heterocycles. The summed E-state index contributed by atoms with van der Waals surface area (Å²) in [4.78, 5) is 5.60. The van der Waals surface area contributed by atoms with Crippen molar-refractivity contribution < 1.29 is 0 Å². The predicted octanol–water partition coefficient (Wildman–Crippen LogP) is 16.1. The molecule has 0 saturated heterocycles. The van der Waals surface area contributed by atoms with E-state index in [4.69, 9.17) is 0 Å². The van der Waals surface area contributed by atoms with Gasteiger partial charge in [0.2, 0.25) is 0 Å². The lowest BCUT2D eigenvalue weighted by atomic mass is 9.32. The molecule has 6 aromatic carbocycles. The number of hydrogen-bond acceptors (Lipinski definition) is 2. The highest BCUT2D eigenvalue weighted by molar-refractivity contribution is 7.00. The molecule has 3 heterocycles. The van der Waals surface area contributed by atoms with Crippen molar-refractivity contribution in [2.75, 3.05) is 9.80 Å². The average molecular weight is 921 g/mol. The molecule has 13 rings (SSSR count). The molecular formula is C67H77BN2. The number of anilines is 6. The van der Waals surface area contributed by atoms with E-state index in [1.54, 1.807) is 11.1 Å². The van der Waals surface area contributed by atoms with E-state index in [1.807, 2.05) is 0 Å². The number of benzene rings is 6. The van der Waals surface area contributed by atoms with E-state index < -0.39 is 0 Å². The van der Waals surface area contributed by atoms with Crippen LogP contribution in [0.25, 0.3) is 11.1 Å². The van der Waals surface area contributed by atoms with Crippen LogP contribution < -0.4 is 26.2 Å². The highest BCUT2D eigenvalue weighted by Gasteiger charge is 2.56. The first-order valence-electron chi connectivity index (χ1n) is 27.2. The van der Waals surface area contributed by atoms with Gasteiger partial charge >= 0.3 is 0 Å². The molecule has 0 saturated carbocycles. The highest BCUT2D eigenvalue weighted by atomic mass is 15.2. The normalized spacial score (nSPS) is 23.2. The Morgan fingerprint density at radius 3 is 1.47 bits per heavy atom. The van der Waals surface area contributed by atoms with Crippen molar-refractivity contribution in [1.29, 1.82) is 0 Å². The van der Waals surface area contributed by atoms with Crippen LogP contribution in [-0.4, -0.2) is 6.71 Å². The van der Waals surface area contributed by atoms with Crippen LogP contribution in [0.4, 0.5) is 34.1 Å². The van der Waals surface area contributed by atoms with Crippen LogP contribution in [0.1, 0.15) is 211 Å². The van der Waals surface area contributed by atoms with Gasteiger partial charge in [-0.3, -0.25) is 0 Å². The first-order chi connectivity index (χ1) is 32.6. The first-order valence-corrected chi connectivity index (χ1v) is 27.2. The van der Waals surface area contributed by atoms with Crippen molar-refractivity contribution in [3.63, 3.8) is 0 Å². The summed E-state index contributed by atoms with van der Waals surface area (Å²) in [6, 6.07) is 35.8. The summed E-state index contributed by atoms with van der Waals surface area (Å²) in [6.45, 7) is 42.4. The molecule has 6 aromatic rings. The van der Waals surface area contributed by atoms with E-state index in [2.05, 4.69) is 212 Å². The minimum absolute atomic E-state index is 0.0299. The lowest BCUT2D eigenvalue weighted by Crippen LogP contribution is -2.63. The van der Waals surface area contributed by atoms with Gasteiger partial charge in [-0.15, -0.1) is 0 Å². The summed E-state index contributed by atoms with van der Waals surface area (Å²) in [7, 11) is 0. The Morgan fingerprint density at radius 2 is 0.929 bits per heavy atom. The first kappa shape index (κ1) is 44.9. The number of aryl methyl sites for hydroxylation is 1. The number of hydrogen-bond donors (Lipinski definition) is 0. The second kappa shape index (κ2) is 13.3. The standard InChI is InChI=1S/C67H77BN2/c1-38-32-54-58-59-56(38)67(17)41-21-19-18-20-40(41)55-43(60(2,3)4)24-25-51(57(55)67)70(59)53-37-48-46(64(11,12)29-31-66(48,15)16)35-50(53)68(58)49-34-45-47(65(13,14)30-28-63(45,9)10)36-52(49)69(54)39-22-23-42-44(33-39)62(7,8)27-26-61(42,5)6/h18-25,32-37H,26-31H2,1-17H3. The summed E-state index contributed by atoms with van der Waals surface area (Å²) < 4.78 is 0. The third kappa shape index (κ3) is 5.54. The quantitative estimate of drug-likeness (QED) is 0.151. The van der Waals surface area contributed by atoms with Gasteiger partial charge < -0.3 is 9.80 Å². The molecule has 0 radical (unpaired) electrons. The Balaban J connectivity index is 1.22. The zero-order valence-corrected chi connectivity index (χ0v) is 45.8. The molecule has 1 unspecified atom stereocenters. The van der Waals surface area contributed by atoms with Crippen LogP contribution in [0.2, 0.25) is 0 Å². The Morgan fingerprint density at radius 1 is 0.443 bits per heavy atom. The van der Waals surface area contributed by atoms with Crippen molar-refractivity contribution in [3.8, 4) is 11.1 Å². The number of fused-ring (bicyclic) bond motifs is 13. The average Bonchev–Trinajstić information content (AvgIpc) is 3.56. The molecule has 0 bridgehead atoms. The van der Waals surface area contributed by atoms with Crippen LogP contribution in [-0.2, 0) is 43.3 Å². The molecule has 0 N–H and O–H groups in total. The molecule has 7 aliphatic rings. The van der Waals surface area contributed by atoms with Gasteiger partial charge in [-0.1, -0.05) is 152 Å².